The molecule has 0 radical (unpaired) electrons. The van der Waals surface area contributed by atoms with E-state index in [0.29, 0.717) is 34.0 Å². The molecule has 0 unspecified atom stereocenters. The van der Waals surface area contributed by atoms with Gasteiger partial charge in [0.25, 0.3) is 0 Å². The zero-order chi connectivity index (χ0) is 18.8. The lowest BCUT2D eigenvalue weighted by Crippen LogP contribution is -2.21. The number of aromatic nitrogens is 3. The first-order chi connectivity index (χ1) is 13.2. The summed E-state index contributed by atoms with van der Waals surface area (Å²) in [6.45, 7) is 4.04. The van der Waals surface area contributed by atoms with Gasteiger partial charge in [0, 0.05) is 18.5 Å². The molecule has 0 N–H and O–H groups in total. The molecule has 0 spiro atoms. The Balaban J connectivity index is 1.77. The number of rotatable bonds is 3. The number of pyridine rings is 1. The Morgan fingerprint density at radius 2 is 1.96 bits per heavy atom. The molecule has 1 aromatic carbocycles. The van der Waals surface area contributed by atoms with Crippen LogP contribution in [0.5, 0.6) is 0 Å². The molecule has 0 bridgehead atoms. The number of hydrogen-bond acceptors (Lipinski definition) is 5. The van der Waals surface area contributed by atoms with E-state index in [1.54, 1.807) is 58.6 Å². The summed E-state index contributed by atoms with van der Waals surface area (Å²) in [5.41, 5.74) is 3.54. The Bertz CT molecular complexity index is 1140. The van der Waals surface area contributed by atoms with Crippen LogP contribution in [-0.4, -0.2) is 20.5 Å². The fourth-order valence-electron chi connectivity index (χ4n) is 2.72. The Morgan fingerprint density at radius 1 is 1.07 bits per heavy atom. The topological polar surface area (TPSA) is 70.1 Å². The molecule has 3 heterocycles. The number of benzene rings is 1. The second-order valence-corrected chi connectivity index (χ2v) is 5.75. The van der Waals surface area contributed by atoms with Gasteiger partial charge in [0.2, 0.25) is 0 Å². The molecule has 0 saturated carbocycles. The third kappa shape index (κ3) is 3.12. The van der Waals surface area contributed by atoms with E-state index < -0.39 is 0 Å². The minimum Gasteiger partial charge on any atom is -0.245 e. The van der Waals surface area contributed by atoms with Gasteiger partial charge in [-0.3, -0.25) is 0 Å². The second-order valence-electron chi connectivity index (χ2n) is 5.75. The minimum absolute atomic E-state index is 0.298. The molecule has 27 heavy (non-hydrogen) atoms. The zero-order valence-corrected chi connectivity index (χ0v) is 14.1. The monoisotopic (exact) mass is 356 g/mol. The smallest absolute Gasteiger partial charge is 0.142 e. The quantitative estimate of drug-likeness (QED) is 0.719. The average molecular weight is 356 g/mol. The van der Waals surface area contributed by atoms with Gasteiger partial charge >= 0.3 is 0 Å². The third-order valence-corrected chi connectivity index (χ3v) is 3.99. The van der Waals surface area contributed by atoms with Crippen molar-refractivity contribution in [3.63, 3.8) is 0 Å². The number of halogens is 1. The molecule has 1 aliphatic heterocycles. The predicted octanol–water partition coefficient (Wildman–Crippen LogP) is 3.57. The summed E-state index contributed by atoms with van der Waals surface area (Å²) in [6.07, 6.45) is 6.75. The predicted molar refractivity (Wildman–Crippen MR) is 99.8 cm³/mol. The van der Waals surface area contributed by atoms with Crippen molar-refractivity contribution < 1.29 is 4.39 Å². The van der Waals surface area contributed by atoms with E-state index in [1.807, 2.05) is 12.1 Å². The highest BCUT2D eigenvalue weighted by molar-refractivity contribution is 6.14. The lowest BCUT2D eigenvalue weighted by Gasteiger charge is -2.21. The summed E-state index contributed by atoms with van der Waals surface area (Å²) < 4.78 is 15.2. The van der Waals surface area contributed by atoms with Gasteiger partial charge in [-0.15, -0.1) is 0 Å². The molecule has 0 atom stereocenters. The van der Waals surface area contributed by atoms with Gasteiger partial charge in [0.1, 0.15) is 23.3 Å². The maximum absolute atomic E-state index is 13.6. The number of anilines is 1. The maximum Gasteiger partial charge on any atom is 0.142 e. The van der Waals surface area contributed by atoms with Crippen molar-refractivity contribution in [1.82, 2.24) is 14.8 Å². The van der Waals surface area contributed by atoms with Crippen LogP contribution in [0.1, 0.15) is 11.4 Å². The van der Waals surface area contributed by atoms with E-state index in [4.69, 9.17) is 5.26 Å². The van der Waals surface area contributed by atoms with Crippen LogP contribution in [-0.2, 0) is 0 Å². The van der Waals surface area contributed by atoms with E-state index in [1.165, 1.54) is 12.1 Å². The fourth-order valence-corrected chi connectivity index (χ4v) is 2.72. The van der Waals surface area contributed by atoms with Crippen LogP contribution >= 0.6 is 0 Å². The van der Waals surface area contributed by atoms with Gasteiger partial charge < -0.3 is 0 Å². The Hall–Kier alpha value is -4.05. The summed E-state index contributed by atoms with van der Waals surface area (Å²) in [5.74, 6) is -0.347. The normalized spacial score (nSPS) is 13.4. The molecule has 3 aromatic rings. The first-order valence-corrected chi connectivity index (χ1v) is 8.07. The van der Waals surface area contributed by atoms with Crippen LogP contribution in [0.15, 0.2) is 84.4 Å². The summed E-state index contributed by atoms with van der Waals surface area (Å²) in [7, 11) is 0. The van der Waals surface area contributed by atoms with Crippen molar-refractivity contribution >= 4 is 11.4 Å². The molecular weight excluding hydrogens is 343 g/mol. The van der Waals surface area contributed by atoms with Gasteiger partial charge in [-0.1, -0.05) is 12.6 Å². The van der Waals surface area contributed by atoms with Crippen molar-refractivity contribution in [1.29, 1.82) is 5.26 Å². The van der Waals surface area contributed by atoms with E-state index in [-0.39, 0.29) is 5.82 Å². The van der Waals surface area contributed by atoms with Gasteiger partial charge in [0.05, 0.1) is 23.3 Å². The number of hydrazone groups is 1. The Kier molecular flexibility index (Phi) is 4.07. The van der Waals surface area contributed by atoms with Gasteiger partial charge in [-0.25, -0.2) is 19.1 Å². The van der Waals surface area contributed by atoms with E-state index >= 15 is 0 Å². The zero-order valence-electron chi connectivity index (χ0n) is 14.1. The van der Waals surface area contributed by atoms with Crippen molar-refractivity contribution in [3.8, 4) is 11.8 Å². The number of allylic oxidation sites excluding steroid dienone is 2. The molecule has 0 amide bonds. The first-order valence-electron chi connectivity index (χ1n) is 8.07. The third-order valence-electron chi connectivity index (χ3n) is 3.99. The Labute approximate surface area is 154 Å². The van der Waals surface area contributed by atoms with Crippen LogP contribution in [0.3, 0.4) is 0 Å². The highest BCUT2D eigenvalue weighted by Gasteiger charge is 2.19. The molecule has 2 aromatic heterocycles. The average Bonchev–Trinajstić information content (AvgIpc) is 3.18. The molecule has 130 valence electrons. The van der Waals surface area contributed by atoms with E-state index in [2.05, 4.69) is 21.8 Å². The van der Waals surface area contributed by atoms with Crippen molar-refractivity contribution in [2.45, 2.75) is 0 Å². The summed E-state index contributed by atoms with van der Waals surface area (Å²) in [5, 5.41) is 19.6. The van der Waals surface area contributed by atoms with Crippen LogP contribution in [0.25, 0.3) is 5.69 Å². The van der Waals surface area contributed by atoms with Crippen LogP contribution in [0, 0.1) is 17.1 Å². The molecule has 7 heteroatoms. The molecule has 0 aliphatic carbocycles. The largest absolute Gasteiger partial charge is 0.245 e. The highest BCUT2D eigenvalue weighted by Crippen LogP contribution is 2.23. The van der Waals surface area contributed by atoms with Crippen molar-refractivity contribution in [3.05, 3.63) is 96.5 Å². The summed E-state index contributed by atoms with van der Waals surface area (Å²) >= 11 is 0. The number of nitrogens with zero attached hydrogens (tertiary/aromatic N) is 6. The van der Waals surface area contributed by atoms with Crippen LogP contribution in [0.4, 0.5) is 10.1 Å². The standard InChI is InChI=1S/C20H13FN6/c1-14-7-10-26(17-5-8-23-16(12-17)13-22)25-20(14)19-6-9-24-27(19)18-4-2-3-15(21)11-18/h2-12H,1H2. The molecule has 0 saturated heterocycles. The van der Waals surface area contributed by atoms with Crippen LogP contribution < -0.4 is 5.01 Å². The maximum atomic E-state index is 13.6. The lowest BCUT2D eigenvalue weighted by atomic mass is 10.1. The van der Waals surface area contributed by atoms with Crippen molar-refractivity contribution in [2.75, 3.05) is 5.01 Å². The van der Waals surface area contributed by atoms with Gasteiger partial charge in [-0.2, -0.15) is 15.5 Å². The fraction of sp³-hybridized carbons (Fsp3) is 0. The molecule has 6 nitrogen and oxygen atoms in total. The van der Waals surface area contributed by atoms with Gasteiger partial charge in [-0.05, 0) is 42.0 Å². The molecular formula is C20H13FN6. The van der Waals surface area contributed by atoms with Gasteiger partial charge in [0.15, 0.2) is 0 Å². The van der Waals surface area contributed by atoms with E-state index in [9.17, 15) is 4.39 Å². The first kappa shape index (κ1) is 16.4. The SMILES string of the molecule is C=C1C=CN(c2ccnc(C#N)c2)N=C1c1ccnn1-c1cccc(F)c1. The number of nitriles is 1. The molecule has 1 aliphatic rings. The minimum atomic E-state index is -0.347. The summed E-state index contributed by atoms with van der Waals surface area (Å²) in [6, 6.07) is 13.4. The summed E-state index contributed by atoms with van der Waals surface area (Å²) in [4.78, 5) is 3.97. The second kappa shape index (κ2) is 6.69. The van der Waals surface area contributed by atoms with Crippen LogP contribution in [0.2, 0.25) is 0 Å². The van der Waals surface area contributed by atoms with Crippen molar-refractivity contribution in [2.24, 2.45) is 5.10 Å². The Morgan fingerprint density at radius 3 is 2.78 bits per heavy atom. The van der Waals surface area contributed by atoms with E-state index in [0.717, 1.165) is 0 Å². The number of hydrogen-bond donors (Lipinski definition) is 0. The lowest BCUT2D eigenvalue weighted by molar-refractivity contribution is 0.625. The highest BCUT2D eigenvalue weighted by atomic mass is 19.1. The molecule has 4 rings (SSSR count). The molecule has 0 fully saturated rings.